The van der Waals surface area contributed by atoms with Gasteiger partial charge in [-0.1, -0.05) is 0 Å². The van der Waals surface area contributed by atoms with Crippen molar-refractivity contribution in [2.24, 2.45) is 5.73 Å². The summed E-state index contributed by atoms with van der Waals surface area (Å²) in [7, 11) is 0. The van der Waals surface area contributed by atoms with Gasteiger partial charge in [0.05, 0.1) is 6.33 Å². The van der Waals surface area contributed by atoms with Crippen LogP contribution in [0.1, 0.15) is 6.92 Å². The number of hydrogen-bond donors (Lipinski definition) is 3. The fraction of sp³-hybridized carbons (Fsp3) is 0.375. The number of nitrogens with zero attached hydrogens (tertiary/aromatic N) is 3. The number of imidazole rings is 1. The molecule has 0 saturated heterocycles. The van der Waals surface area contributed by atoms with Crippen molar-refractivity contribution in [3.05, 3.63) is 16.7 Å². The van der Waals surface area contributed by atoms with Crippen LogP contribution in [0.25, 0.3) is 11.2 Å². The van der Waals surface area contributed by atoms with E-state index in [2.05, 4.69) is 15.0 Å². The molecule has 7 nitrogen and oxygen atoms in total. The molecule has 5 N–H and O–H groups in total. The molecule has 0 aliphatic rings. The van der Waals surface area contributed by atoms with Crippen molar-refractivity contribution >= 4 is 17.1 Å². The number of nitrogens with two attached hydrogens (primary N) is 2. The van der Waals surface area contributed by atoms with Gasteiger partial charge in [-0.15, -0.1) is 0 Å². The first-order valence-corrected chi connectivity index (χ1v) is 4.54. The second kappa shape index (κ2) is 3.35. The fourth-order valence-electron chi connectivity index (χ4n) is 1.41. The van der Waals surface area contributed by atoms with Gasteiger partial charge < -0.3 is 16.0 Å². The van der Waals surface area contributed by atoms with Crippen LogP contribution in [0.4, 0.5) is 5.95 Å². The van der Waals surface area contributed by atoms with Gasteiger partial charge in [0.25, 0.3) is 5.56 Å². The van der Waals surface area contributed by atoms with Gasteiger partial charge in [-0.3, -0.25) is 9.78 Å². The maximum atomic E-state index is 11.4. The highest BCUT2D eigenvalue weighted by Gasteiger charge is 2.09. The predicted octanol–water partition coefficient (Wildman–Crippen LogP) is -0.951. The second-order valence-electron chi connectivity index (χ2n) is 3.50. The first-order chi connectivity index (χ1) is 7.08. The Morgan fingerprint density at radius 2 is 2.40 bits per heavy atom. The first kappa shape index (κ1) is 9.66. The van der Waals surface area contributed by atoms with E-state index in [4.69, 9.17) is 11.5 Å². The van der Waals surface area contributed by atoms with Crippen molar-refractivity contribution in [2.45, 2.75) is 19.5 Å². The van der Waals surface area contributed by atoms with E-state index in [1.807, 2.05) is 6.92 Å². The molecule has 0 radical (unpaired) electrons. The molecule has 0 aliphatic carbocycles. The molecule has 0 spiro atoms. The molecule has 0 aromatic carbocycles. The van der Waals surface area contributed by atoms with Crippen molar-refractivity contribution in [1.29, 1.82) is 0 Å². The van der Waals surface area contributed by atoms with Gasteiger partial charge in [0.1, 0.15) is 0 Å². The Kier molecular flexibility index (Phi) is 2.16. The zero-order chi connectivity index (χ0) is 11.0. The van der Waals surface area contributed by atoms with Crippen LogP contribution >= 0.6 is 0 Å². The zero-order valence-corrected chi connectivity index (χ0v) is 8.27. The van der Waals surface area contributed by atoms with E-state index in [-0.39, 0.29) is 23.1 Å². The van der Waals surface area contributed by atoms with Crippen molar-refractivity contribution < 1.29 is 0 Å². The summed E-state index contributed by atoms with van der Waals surface area (Å²) in [5, 5.41) is 0. The lowest BCUT2D eigenvalue weighted by atomic mass is 10.3. The zero-order valence-electron chi connectivity index (χ0n) is 8.27. The molecule has 0 amide bonds. The fourth-order valence-corrected chi connectivity index (χ4v) is 1.41. The number of fused-ring (bicyclic) bond motifs is 1. The summed E-state index contributed by atoms with van der Waals surface area (Å²) in [6.07, 6.45) is 1.54. The van der Waals surface area contributed by atoms with Crippen LogP contribution in [-0.2, 0) is 6.54 Å². The largest absolute Gasteiger partial charge is 0.369 e. The minimum atomic E-state index is -0.332. The number of nitrogen functional groups attached to an aromatic ring is 1. The molecule has 2 heterocycles. The first-order valence-electron chi connectivity index (χ1n) is 4.54. The van der Waals surface area contributed by atoms with Crippen LogP contribution in [0.2, 0.25) is 0 Å². The standard InChI is InChI=1S/C8H12N6O/c1-4(9)2-14-3-11-5-6(14)12-8(10)13-7(5)15/h3-4H,2,9H2,1H3,(H3,10,12,13,15). The van der Waals surface area contributed by atoms with E-state index >= 15 is 0 Å². The molecular formula is C8H12N6O. The van der Waals surface area contributed by atoms with Crippen LogP contribution in [0, 0.1) is 0 Å². The van der Waals surface area contributed by atoms with Crippen LogP contribution in [0.3, 0.4) is 0 Å². The van der Waals surface area contributed by atoms with Gasteiger partial charge in [0.2, 0.25) is 5.95 Å². The van der Waals surface area contributed by atoms with E-state index in [0.717, 1.165) is 0 Å². The number of hydrogen-bond acceptors (Lipinski definition) is 5. The van der Waals surface area contributed by atoms with Gasteiger partial charge in [0, 0.05) is 12.6 Å². The number of nitrogens with one attached hydrogen (secondary N) is 1. The van der Waals surface area contributed by atoms with Crippen molar-refractivity contribution in [3.63, 3.8) is 0 Å². The molecular weight excluding hydrogens is 196 g/mol. The van der Waals surface area contributed by atoms with Gasteiger partial charge in [-0.2, -0.15) is 4.98 Å². The molecule has 7 heteroatoms. The lowest BCUT2D eigenvalue weighted by molar-refractivity contribution is 0.598. The lowest BCUT2D eigenvalue weighted by Gasteiger charge is -2.06. The Morgan fingerprint density at radius 1 is 1.67 bits per heavy atom. The Hall–Kier alpha value is -1.89. The number of aromatic nitrogens is 4. The molecule has 0 fully saturated rings. The van der Waals surface area contributed by atoms with E-state index in [0.29, 0.717) is 12.2 Å². The highest BCUT2D eigenvalue weighted by Crippen LogP contribution is 2.06. The molecule has 1 unspecified atom stereocenters. The molecule has 0 aliphatic heterocycles. The Bertz CT molecular complexity index is 540. The highest BCUT2D eigenvalue weighted by molar-refractivity contribution is 5.70. The van der Waals surface area contributed by atoms with E-state index in [9.17, 15) is 4.79 Å². The summed E-state index contributed by atoms with van der Waals surface area (Å²) in [5.41, 5.74) is 11.5. The quantitative estimate of drug-likeness (QED) is 0.588. The number of H-pyrrole nitrogens is 1. The molecule has 80 valence electrons. The maximum Gasteiger partial charge on any atom is 0.280 e. The Morgan fingerprint density at radius 3 is 3.07 bits per heavy atom. The maximum absolute atomic E-state index is 11.4. The number of aromatic amines is 1. The number of anilines is 1. The average molecular weight is 208 g/mol. The monoisotopic (exact) mass is 208 g/mol. The van der Waals surface area contributed by atoms with Gasteiger partial charge in [-0.05, 0) is 6.92 Å². The third-order valence-electron chi connectivity index (χ3n) is 1.98. The van der Waals surface area contributed by atoms with Crippen molar-refractivity contribution in [1.82, 2.24) is 19.5 Å². The molecule has 15 heavy (non-hydrogen) atoms. The summed E-state index contributed by atoms with van der Waals surface area (Å²) in [4.78, 5) is 21.8. The summed E-state index contributed by atoms with van der Waals surface area (Å²) in [5.74, 6) is 0.0823. The molecule has 0 bridgehead atoms. The van der Waals surface area contributed by atoms with Gasteiger partial charge >= 0.3 is 0 Å². The van der Waals surface area contributed by atoms with E-state index in [1.165, 1.54) is 6.33 Å². The van der Waals surface area contributed by atoms with Crippen LogP contribution in [0.15, 0.2) is 11.1 Å². The smallest absolute Gasteiger partial charge is 0.280 e. The van der Waals surface area contributed by atoms with Gasteiger partial charge in [-0.25, -0.2) is 4.98 Å². The van der Waals surface area contributed by atoms with E-state index < -0.39 is 0 Å². The number of rotatable bonds is 2. The summed E-state index contributed by atoms with van der Waals surface area (Å²) in [6, 6.07) is -0.0373. The lowest BCUT2D eigenvalue weighted by Crippen LogP contribution is -2.22. The average Bonchev–Trinajstić information content (AvgIpc) is 2.48. The third-order valence-corrected chi connectivity index (χ3v) is 1.98. The Balaban J connectivity index is 2.63. The minimum Gasteiger partial charge on any atom is -0.369 e. The predicted molar refractivity (Wildman–Crippen MR) is 56.2 cm³/mol. The normalized spacial score (nSPS) is 13.2. The van der Waals surface area contributed by atoms with Crippen LogP contribution in [-0.4, -0.2) is 25.6 Å². The topological polar surface area (TPSA) is 116 Å². The van der Waals surface area contributed by atoms with Crippen LogP contribution < -0.4 is 17.0 Å². The SMILES string of the molecule is CC(N)Cn1cnc2c(=O)[nH]c(N)nc21. The van der Waals surface area contributed by atoms with Crippen molar-refractivity contribution in [2.75, 3.05) is 5.73 Å². The molecule has 2 aromatic heterocycles. The second-order valence-corrected chi connectivity index (χ2v) is 3.50. The summed E-state index contributed by atoms with van der Waals surface area (Å²) >= 11 is 0. The summed E-state index contributed by atoms with van der Waals surface area (Å²) < 4.78 is 1.71. The molecule has 1 atom stereocenters. The van der Waals surface area contributed by atoms with Crippen LogP contribution in [0.5, 0.6) is 0 Å². The third kappa shape index (κ3) is 1.68. The highest BCUT2D eigenvalue weighted by atomic mass is 16.1. The van der Waals surface area contributed by atoms with Gasteiger partial charge in [0.15, 0.2) is 11.2 Å². The van der Waals surface area contributed by atoms with E-state index in [1.54, 1.807) is 4.57 Å². The molecule has 0 saturated carbocycles. The molecule has 2 rings (SSSR count). The Labute approximate surface area is 85.1 Å². The molecule has 2 aromatic rings. The minimum absolute atomic E-state index is 0.0373. The van der Waals surface area contributed by atoms with Crippen molar-refractivity contribution in [3.8, 4) is 0 Å². The summed E-state index contributed by atoms with van der Waals surface area (Å²) in [6.45, 7) is 2.41.